The Morgan fingerprint density at radius 2 is 1.76 bits per heavy atom. The number of hydrogen-bond donors (Lipinski definition) is 2. The van der Waals surface area contributed by atoms with Crippen LogP contribution in [-0.2, 0) is 11.3 Å². The van der Waals surface area contributed by atoms with Crippen molar-refractivity contribution in [3.63, 3.8) is 0 Å². The van der Waals surface area contributed by atoms with Gasteiger partial charge in [0.15, 0.2) is 5.96 Å². The Morgan fingerprint density at radius 1 is 1.08 bits per heavy atom. The molecule has 5 nitrogen and oxygen atoms in total. The zero-order chi connectivity index (χ0) is 18.1. The van der Waals surface area contributed by atoms with E-state index in [0.717, 1.165) is 18.8 Å². The SMILES string of the molecule is CCNC(=NCC(=O)Nc1ccccc1)N(C)Cc1ccc(C)cc1. The zero-order valence-corrected chi connectivity index (χ0v) is 15.1. The predicted molar refractivity (Wildman–Crippen MR) is 104 cm³/mol. The average molecular weight is 338 g/mol. The number of hydrogen-bond acceptors (Lipinski definition) is 2. The van der Waals surface area contributed by atoms with Gasteiger partial charge in [-0.25, -0.2) is 4.99 Å². The van der Waals surface area contributed by atoms with Crippen LogP contribution in [0.15, 0.2) is 59.6 Å². The number of carbonyl (C=O) groups excluding carboxylic acids is 1. The minimum Gasteiger partial charge on any atom is -0.357 e. The topological polar surface area (TPSA) is 56.7 Å². The van der Waals surface area contributed by atoms with Crippen LogP contribution in [0, 0.1) is 6.92 Å². The monoisotopic (exact) mass is 338 g/mol. The standard InChI is InChI=1S/C20H26N4O/c1-4-21-20(24(3)15-17-12-10-16(2)11-13-17)22-14-19(25)23-18-8-6-5-7-9-18/h5-13H,4,14-15H2,1-3H3,(H,21,22)(H,23,25). The van der Waals surface area contributed by atoms with Crippen molar-refractivity contribution < 1.29 is 4.79 Å². The van der Waals surface area contributed by atoms with E-state index in [9.17, 15) is 4.79 Å². The third kappa shape index (κ3) is 6.30. The molecule has 0 aliphatic heterocycles. The summed E-state index contributed by atoms with van der Waals surface area (Å²) in [6.07, 6.45) is 0. The van der Waals surface area contributed by atoms with Gasteiger partial charge in [-0.05, 0) is 31.5 Å². The fourth-order valence-corrected chi connectivity index (χ4v) is 2.38. The molecule has 0 atom stereocenters. The van der Waals surface area contributed by atoms with E-state index in [2.05, 4.69) is 46.8 Å². The van der Waals surface area contributed by atoms with Crippen LogP contribution in [0.4, 0.5) is 5.69 Å². The fraction of sp³-hybridized carbons (Fsp3) is 0.300. The molecule has 0 saturated carbocycles. The third-order valence-electron chi connectivity index (χ3n) is 3.67. The minimum absolute atomic E-state index is 0.0788. The lowest BCUT2D eigenvalue weighted by atomic mass is 10.1. The summed E-state index contributed by atoms with van der Waals surface area (Å²) in [6.45, 7) is 5.64. The highest BCUT2D eigenvalue weighted by molar-refractivity contribution is 5.94. The van der Waals surface area contributed by atoms with E-state index in [-0.39, 0.29) is 12.5 Å². The van der Waals surface area contributed by atoms with Gasteiger partial charge in [-0.15, -0.1) is 0 Å². The lowest BCUT2D eigenvalue weighted by Crippen LogP contribution is -2.39. The van der Waals surface area contributed by atoms with E-state index >= 15 is 0 Å². The van der Waals surface area contributed by atoms with Crippen LogP contribution in [0.25, 0.3) is 0 Å². The molecule has 0 heterocycles. The average Bonchev–Trinajstić information content (AvgIpc) is 2.61. The lowest BCUT2D eigenvalue weighted by molar-refractivity contribution is -0.114. The number of nitrogens with one attached hydrogen (secondary N) is 2. The maximum atomic E-state index is 12.1. The quantitative estimate of drug-likeness (QED) is 0.629. The van der Waals surface area contributed by atoms with Crippen LogP contribution in [0.3, 0.4) is 0 Å². The minimum atomic E-state index is -0.134. The first-order valence-corrected chi connectivity index (χ1v) is 8.48. The Bertz CT molecular complexity index is 695. The Labute approximate surface area is 149 Å². The summed E-state index contributed by atoms with van der Waals surface area (Å²) in [7, 11) is 1.97. The van der Waals surface area contributed by atoms with E-state index in [1.54, 1.807) is 0 Å². The van der Waals surface area contributed by atoms with Gasteiger partial charge in [-0.2, -0.15) is 0 Å². The number of para-hydroxylation sites is 1. The summed E-state index contributed by atoms with van der Waals surface area (Å²) in [4.78, 5) is 18.5. The summed E-state index contributed by atoms with van der Waals surface area (Å²) in [5, 5.41) is 6.07. The molecule has 2 rings (SSSR count). The molecule has 0 spiro atoms. The van der Waals surface area contributed by atoms with Gasteiger partial charge in [0.25, 0.3) is 0 Å². The molecule has 2 aromatic carbocycles. The van der Waals surface area contributed by atoms with Crippen molar-refractivity contribution >= 4 is 17.6 Å². The molecule has 25 heavy (non-hydrogen) atoms. The number of carbonyl (C=O) groups is 1. The maximum absolute atomic E-state index is 12.1. The van der Waals surface area contributed by atoms with E-state index in [4.69, 9.17) is 0 Å². The molecular weight excluding hydrogens is 312 g/mol. The van der Waals surface area contributed by atoms with Crippen LogP contribution in [0.2, 0.25) is 0 Å². The number of anilines is 1. The van der Waals surface area contributed by atoms with Crippen LogP contribution >= 0.6 is 0 Å². The molecule has 0 aromatic heterocycles. The lowest BCUT2D eigenvalue weighted by Gasteiger charge is -2.22. The van der Waals surface area contributed by atoms with Gasteiger partial charge >= 0.3 is 0 Å². The van der Waals surface area contributed by atoms with Crippen LogP contribution in [-0.4, -0.2) is 36.9 Å². The van der Waals surface area contributed by atoms with Crippen molar-refractivity contribution in [2.75, 3.05) is 25.5 Å². The van der Waals surface area contributed by atoms with Gasteiger partial charge in [0, 0.05) is 25.8 Å². The normalized spacial score (nSPS) is 11.1. The molecule has 0 fully saturated rings. The molecule has 132 valence electrons. The summed E-state index contributed by atoms with van der Waals surface area (Å²) >= 11 is 0. The zero-order valence-electron chi connectivity index (χ0n) is 15.1. The summed E-state index contributed by atoms with van der Waals surface area (Å²) < 4.78 is 0. The molecule has 0 unspecified atom stereocenters. The highest BCUT2D eigenvalue weighted by Gasteiger charge is 2.08. The summed E-state index contributed by atoms with van der Waals surface area (Å²) in [6, 6.07) is 17.8. The number of benzene rings is 2. The number of nitrogens with zero attached hydrogens (tertiary/aromatic N) is 2. The van der Waals surface area contributed by atoms with Gasteiger partial charge in [0.1, 0.15) is 6.54 Å². The van der Waals surface area contributed by atoms with Crippen molar-refractivity contribution in [2.45, 2.75) is 20.4 Å². The number of aliphatic imine (C=N–C) groups is 1. The van der Waals surface area contributed by atoms with Gasteiger partial charge in [-0.3, -0.25) is 4.79 Å². The van der Waals surface area contributed by atoms with Crippen molar-refractivity contribution in [1.29, 1.82) is 0 Å². The van der Waals surface area contributed by atoms with Gasteiger partial charge in [0.05, 0.1) is 0 Å². The second kappa shape index (κ2) is 9.47. The maximum Gasteiger partial charge on any atom is 0.246 e. The Kier molecular flexibility index (Phi) is 7.01. The van der Waals surface area contributed by atoms with E-state index < -0.39 is 0 Å². The second-order valence-electron chi connectivity index (χ2n) is 5.93. The smallest absolute Gasteiger partial charge is 0.246 e. The number of aryl methyl sites for hydroxylation is 1. The molecule has 5 heteroatoms. The second-order valence-corrected chi connectivity index (χ2v) is 5.93. The molecule has 0 aliphatic carbocycles. The highest BCUT2D eigenvalue weighted by Crippen LogP contribution is 2.07. The molecule has 0 aliphatic rings. The molecule has 0 radical (unpaired) electrons. The highest BCUT2D eigenvalue weighted by atomic mass is 16.1. The number of amides is 1. The largest absolute Gasteiger partial charge is 0.357 e. The Hall–Kier alpha value is -2.82. The first kappa shape index (κ1) is 18.5. The molecular formula is C20H26N4O. The summed E-state index contributed by atoms with van der Waals surface area (Å²) in [5.74, 6) is 0.580. The Balaban J connectivity index is 1.96. The predicted octanol–water partition coefficient (Wildman–Crippen LogP) is 3.03. The van der Waals surface area contributed by atoms with E-state index in [1.165, 1.54) is 11.1 Å². The van der Waals surface area contributed by atoms with Crippen LogP contribution in [0.5, 0.6) is 0 Å². The van der Waals surface area contributed by atoms with Crippen molar-refractivity contribution in [3.05, 3.63) is 65.7 Å². The first-order valence-electron chi connectivity index (χ1n) is 8.48. The molecule has 0 bridgehead atoms. The van der Waals surface area contributed by atoms with Gasteiger partial charge < -0.3 is 15.5 Å². The fourth-order valence-electron chi connectivity index (χ4n) is 2.38. The van der Waals surface area contributed by atoms with E-state index in [0.29, 0.717) is 5.96 Å². The third-order valence-corrected chi connectivity index (χ3v) is 3.67. The number of rotatable bonds is 6. The van der Waals surface area contributed by atoms with Gasteiger partial charge in [-0.1, -0.05) is 48.0 Å². The van der Waals surface area contributed by atoms with Gasteiger partial charge in [0.2, 0.25) is 5.91 Å². The van der Waals surface area contributed by atoms with Crippen molar-refractivity contribution in [3.8, 4) is 0 Å². The number of guanidine groups is 1. The molecule has 1 amide bonds. The molecule has 0 saturated heterocycles. The van der Waals surface area contributed by atoms with Crippen molar-refractivity contribution in [2.24, 2.45) is 4.99 Å². The summed E-state index contributed by atoms with van der Waals surface area (Å²) in [5.41, 5.74) is 3.22. The Morgan fingerprint density at radius 3 is 2.40 bits per heavy atom. The first-order chi connectivity index (χ1) is 12.1. The van der Waals surface area contributed by atoms with Crippen LogP contribution < -0.4 is 10.6 Å². The van der Waals surface area contributed by atoms with Crippen molar-refractivity contribution in [1.82, 2.24) is 10.2 Å². The molecule has 2 aromatic rings. The molecule has 2 N–H and O–H groups in total. The van der Waals surface area contributed by atoms with E-state index in [1.807, 2.05) is 49.2 Å². The van der Waals surface area contributed by atoms with Crippen LogP contribution in [0.1, 0.15) is 18.1 Å².